The Balaban J connectivity index is 1.32. The number of hydrogen-bond donors (Lipinski definition) is 1. The first-order valence-corrected chi connectivity index (χ1v) is 12.8. The molecule has 5 aromatic rings. The summed E-state index contributed by atoms with van der Waals surface area (Å²) in [5.74, 6) is 0.362. The van der Waals surface area contributed by atoms with Gasteiger partial charge in [-0.25, -0.2) is 15.2 Å². The van der Waals surface area contributed by atoms with Crippen molar-refractivity contribution < 1.29 is 18.7 Å². The highest BCUT2D eigenvalue weighted by Crippen LogP contribution is 2.26. The van der Waals surface area contributed by atoms with Gasteiger partial charge in [-0.1, -0.05) is 61.5 Å². The lowest BCUT2D eigenvalue weighted by molar-refractivity contribution is 0.0526. The summed E-state index contributed by atoms with van der Waals surface area (Å²) in [6.07, 6.45) is 2.40. The van der Waals surface area contributed by atoms with E-state index < -0.39 is 0 Å². The SMILES string of the molecule is CCOC(=O)c1ccc(-c2ccc(/C=N\NC(=O)c3cc(-c4ccc(CC)cc4)nc4ccccc34)o2)cc1. The van der Waals surface area contributed by atoms with Gasteiger partial charge in [-0.15, -0.1) is 0 Å². The van der Waals surface area contributed by atoms with Crippen LogP contribution in [0.15, 0.2) is 101 Å². The number of aryl methyl sites for hydroxylation is 1. The minimum absolute atomic E-state index is 0.323. The summed E-state index contributed by atoms with van der Waals surface area (Å²) in [5.41, 5.74) is 7.99. The molecule has 0 bridgehead atoms. The van der Waals surface area contributed by atoms with Crippen LogP contribution in [0.4, 0.5) is 0 Å². The highest BCUT2D eigenvalue weighted by Gasteiger charge is 2.14. The van der Waals surface area contributed by atoms with Gasteiger partial charge in [-0.05, 0) is 55.3 Å². The average Bonchev–Trinajstić information content (AvgIpc) is 3.45. The van der Waals surface area contributed by atoms with Gasteiger partial charge < -0.3 is 9.15 Å². The van der Waals surface area contributed by atoms with Gasteiger partial charge in [0.15, 0.2) is 0 Å². The Labute approximate surface area is 226 Å². The highest BCUT2D eigenvalue weighted by molar-refractivity contribution is 6.07. The lowest BCUT2D eigenvalue weighted by Crippen LogP contribution is -2.18. The number of carbonyl (C=O) groups excluding carboxylic acids is 2. The average molecular weight is 518 g/mol. The molecule has 0 aliphatic carbocycles. The van der Waals surface area contributed by atoms with Crippen LogP contribution in [0, 0.1) is 0 Å². The molecule has 0 unspecified atom stereocenters. The summed E-state index contributed by atoms with van der Waals surface area (Å²) >= 11 is 0. The Morgan fingerprint density at radius 3 is 2.41 bits per heavy atom. The van der Waals surface area contributed by atoms with E-state index in [4.69, 9.17) is 14.1 Å². The molecule has 2 heterocycles. The number of furan rings is 1. The van der Waals surface area contributed by atoms with E-state index in [-0.39, 0.29) is 11.9 Å². The third kappa shape index (κ3) is 5.78. The zero-order chi connectivity index (χ0) is 27.2. The molecule has 0 spiro atoms. The fraction of sp³-hybridized carbons (Fsp3) is 0.125. The molecule has 39 heavy (non-hydrogen) atoms. The fourth-order valence-electron chi connectivity index (χ4n) is 4.20. The third-order valence-corrected chi connectivity index (χ3v) is 6.28. The molecule has 1 N–H and O–H groups in total. The summed E-state index contributed by atoms with van der Waals surface area (Å²) in [6.45, 7) is 4.20. The number of hydrogen-bond acceptors (Lipinski definition) is 6. The number of fused-ring (bicyclic) bond motifs is 1. The van der Waals surface area contributed by atoms with Crippen molar-refractivity contribution in [3.8, 4) is 22.6 Å². The second-order valence-electron chi connectivity index (χ2n) is 8.82. The number of rotatable bonds is 8. The number of ether oxygens (including phenoxy) is 1. The number of para-hydroxylation sites is 1. The standard InChI is InChI=1S/C32H27N3O4/c1-3-21-9-11-22(12-10-21)29-19-27(26-7-5-6-8-28(26)34-29)31(36)35-33-20-25-17-18-30(39-25)23-13-15-24(16-14-23)32(37)38-4-2/h5-20H,3-4H2,1-2H3,(H,35,36)/b33-20-. The van der Waals surface area contributed by atoms with E-state index in [1.165, 1.54) is 11.8 Å². The van der Waals surface area contributed by atoms with Gasteiger partial charge in [0.1, 0.15) is 11.5 Å². The van der Waals surface area contributed by atoms with Crippen molar-refractivity contribution in [2.75, 3.05) is 6.61 Å². The molecular weight excluding hydrogens is 490 g/mol. The van der Waals surface area contributed by atoms with Crippen LogP contribution in [0.3, 0.4) is 0 Å². The largest absolute Gasteiger partial charge is 0.462 e. The van der Waals surface area contributed by atoms with E-state index in [2.05, 4.69) is 29.6 Å². The molecule has 0 aliphatic rings. The van der Waals surface area contributed by atoms with Crippen molar-refractivity contribution in [3.63, 3.8) is 0 Å². The van der Waals surface area contributed by atoms with Crippen LogP contribution in [0.5, 0.6) is 0 Å². The number of nitrogens with one attached hydrogen (secondary N) is 1. The fourth-order valence-corrected chi connectivity index (χ4v) is 4.20. The number of nitrogens with zero attached hydrogens (tertiary/aromatic N) is 2. The number of esters is 1. The first-order chi connectivity index (χ1) is 19.1. The minimum Gasteiger partial charge on any atom is -0.462 e. The molecule has 0 saturated carbocycles. The lowest BCUT2D eigenvalue weighted by Gasteiger charge is -2.09. The maximum Gasteiger partial charge on any atom is 0.338 e. The Hall–Kier alpha value is -5.04. The highest BCUT2D eigenvalue weighted by atomic mass is 16.5. The van der Waals surface area contributed by atoms with Gasteiger partial charge in [0.05, 0.1) is 35.2 Å². The second kappa shape index (κ2) is 11.6. The van der Waals surface area contributed by atoms with Gasteiger partial charge in [0.25, 0.3) is 5.91 Å². The Morgan fingerprint density at radius 1 is 0.923 bits per heavy atom. The summed E-state index contributed by atoms with van der Waals surface area (Å²) in [6, 6.07) is 28.0. The Morgan fingerprint density at radius 2 is 1.67 bits per heavy atom. The van der Waals surface area contributed by atoms with Crippen molar-refractivity contribution >= 4 is 29.0 Å². The predicted molar refractivity (Wildman–Crippen MR) is 152 cm³/mol. The molecule has 2 aromatic heterocycles. The molecule has 7 nitrogen and oxygen atoms in total. The molecule has 3 aromatic carbocycles. The van der Waals surface area contributed by atoms with Crippen LogP contribution < -0.4 is 5.43 Å². The normalized spacial score (nSPS) is 11.1. The first-order valence-electron chi connectivity index (χ1n) is 12.8. The van der Waals surface area contributed by atoms with E-state index in [1.54, 1.807) is 49.4 Å². The molecule has 0 fully saturated rings. The minimum atomic E-state index is -0.365. The van der Waals surface area contributed by atoms with E-state index in [0.717, 1.165) is 34.1 Å². The van der Waals surface area contributed by atoms with E-state index in [0.29, 0.717) is 29.3 Å². The molecular formula is C32H27N3O4. The summed E-state index contributed by atoms with van der Waals surface area (Å²) in [4.78, 5) is 29.8. The summed E-state index contributed by atoms with van der Waals surface area (Å²) in [7, 11) is 0. The molecule has 0 saturated heterocycles. The second-order valence-corrected chi connectivity index (χ2v) is 8.82. The molecule has 0 aliphatic heterocycles. The summed E-state index contributed by atoms with van der Waals surface area (Å²) < 4.78 is 10.9. The molecule has 194 valence electrons. The summed E-state index contributed by atoms with van der Waals surface area (Å²) in [5, 5.41) is 4.86. The zero-order valence-electron chi connectivity index (χ0n) is 21.7. The number of aromatic nitrogens is 1. The van der Waals surface area contributed by atoms with Crippen LogP contribution in [-0.2, 0) is 11.2 Å². The molecule has 7 heteroatoms. The van der Waals surface area contributed by atoms with Crippen molar-refractivity contribution in [2.24, 2.45) is 5.10 Å². The Kier molecular flexibility index (Phi) is 7.59. The number of hydrazone groups is 1. The van der Waals surface area contributed by atoms with Crippen LogP contribution in [-0.4, -0.2) is 29.7 Å². The third-order valence-electron chi connectivity index (χ3n) is 6.28. The maximum atomic E-state index is 13.2. The van der Waals surface area contributed by atoms with Gasteiger partial charge in [0, 0.05) is 16.5 Å². The van der Waals surface area contributed by atoms with Crippen LogP contribution in [0.25, 0.3) is 33.5 Å². The Bertz CT molecular complexity index is 1650. The number of benzene rings is 3. The van der Waals surface area contributed by atoms with Gasteiger partial charge in [0.2, 0.25) is 0 Å². The smallest absolute Gasteiger partial charge is 0.338 e. The van der Waals surface area contributed by atoms with Gasteiger partial charge in [-0.3, -0.25) is 4.79 Å². The van der Waals surface area contributed by atoms with E-state index in [1.807, 2.05) is 36.4 Å². The first kappa shape index (κ1) is 25.6. The van der Waals surface area contributed by atoms with Crippen LogP contribution in [0.1, 0.15) is 45.9 Å². The van der Waals surface area contributed by atoms with Crippen molar-refractivity contribution in [1.82, 2.24) is 10.4 Å². The molecule has 0 atom stereocenters. The quantitative estimate of drug-likeness (QED) is 0.141. The number of pyridine rings is 1. The topological polar surface area (TPSA) is 93.8 Å². The van der Waals surface area contributed by atoms with Crippen molar-refractivity contribution in [3.05, 3.63) is 113 Å². The predicted octanol–water partition coefficient (Wildman–Crippen LogP) is 6.66. The number of amides is 1. The van der Waals surface area contributed by atoms with Gasteiger partial charge in [-0.2, -0.15) is 5.10 Å². The molecule has 0 radical (unpaired) electrons. The van der Waals surface area contributed by atoms with Crippen LogP contribution >= 0.6 is 0 Å². The van der Waals surface area contributed by atoms with Gasteiger partial charge >= 0.3 is 5.97 Å². The molecule has 5 rings (SSSR count). The number of carbonyl (C=O) groups is 2. The van der Waals surface area contributed by atoms with E-state index in [9.17, 15) is 9.59 Å². The lowest BCUT2D eigenvalue weighted by atomic mass is 10.0. The molecule has 1 amide bonds. The monoisotopic (exact) mass is 517 g/mol. The van der Waals surface area contributed by atoms with Crippen molar-refractivity contribution in [2.45, 2.75) is 20.3 Å². The maximum absolute atomic E-state index is 13.2. The van der Waals surface area contributed by atoms with Crippen LogP contribution in [0.2, 0.25) is 0 Å². The van der Waals surface area contributed by atoms with E-state index >= 15 is 0 Å². The van der Waals surface area contributed by atoms with Crippen molar-refractivity contribution in [1.29, 1.82) is 0 Å². The zero-order valence-corrected chi connectivity index (χ0v) is 21.7.